The van der Waals surface area contributed by atoms with Crippen LogP contribution in [0.15, 0.2) is 0 Å². The van der Waals surface area contributed by atoms with Crippen LogP contribution < -0.4 is 0 Å². The number of esters is 4. The quantitative estimate of drug-likeness (QED) is 0.0222. The molecule has 0 amide bonds. The number of aliphatic hydroxyl groups excluding tert-OH is 1. The summed E-state index contributed by atoms with van der Waals surface area (Å²) in [5, 5.41) is 10.7. The van der Waals surface area contributed by atoms with E-state index in [4.69, 9.17) is 37.0 Å². The molecule has 17 nitrogen and oxygen atoms in total. The standard InChI is InChI=1S/C82H160O17P2/c1-7-10-12-14-16-18-20-22-24-25-26-27-33-37-41-49-55-61-67-82(87)98-77(70-92-79(84)64-58-52-46-39-35-32-29-28-30-34-38-44-50-56-62-74(4)5)72-96-100(88,89)94-68-76(83)69-95-101(90,91)97-73-78(71-93-80(85)65-59-53-47-43-42-45-51-57-63-75(6)9-3)99-81(86)66-60-54-48-40-36-31-23-21-19-17-15-13-11-8-2/h74-78,83H,7-73H2,1-6H3,(H,88,89)(H,90,91)/t75?,76-,77-,78-/m1/s1. The fourth-order valence-corrected chi connectivity index (χ4v) is 14.3. The molecule has 0 aromatic rings. The van der Waals surface area contributed by atoms with Crippen molar-refractivity contribution in [2.45, 2.75) is 452 Å². The Labute approximate surface area is 619 Å². The SMILES string of the molecule is CCCCCCCCCCCCCCCCCCCCC(=O)O[C@H](COC(=O)CCCCCCCCCCCCCCCCC(C)C)COP(=O)(O)OC[C@@H](O)COP(=O)(O)OC[C@@H](COC(=O)CCCCCCCCCCC(C)CC)OC(=O)CCCCCCCCCCCCCCCC. The average molecular weight is 1480 g/mol. The molecule has 0 aromatic heterocycles. The Bertz CT molecular complexity index is 1940. The molecule has 0 spiro atoms. The van der Waals surface area contributed by atoms with Crippen molar-refractivity contribution < 1.29 is 80.2 Å². The van der Waals surface area contributed by atoms with Crippen LogP contribution in [0, 0.1) is 11.8 Å². The lowest BCUT2D eigenvalue weighted by Crippen LogP contribution is -2.30. The molecule has 101 heavy (non-hydrogen) atoms. The van der Waals surface area contributed by atoms with Gasteiger partial charge in [-0.25, -0.2) is 9.13 Å². The van der Waals surface area contributed by atoms with Gasteiger partial charge in [-0.3, -0.25) is 37.3 Å². The Hall–Kier alpha value is -1.94. The van der Waals surface area contributed by atoms with E-state index >= 15 is 0 Å². The van der Waals surface area contributed by atoms with Crippen LogP contribution in [0.1, 0.15) is 433 Å². The summed E-state index contributed by atoms with van der Waals surface area (Å²) in [5.74, 6) is -0.528. The van der Waals surface area contributed by atoms with Crippen LogP contribution in [-0.4, -0.2) is 96.7 Å². The van der Waals surface area contributed by atoms with E-state index in [1.807, 2.05) is 0 Å². The fraction of sp³-hybridized carbons (Fsp3) is 0.951. The van der Waals surface area contributed by atoms with Crippen LogP contribution in [0.2, 0.25) is 0 Å². The Morgan fingerprint density at radius 3 is 0.752 bits per heavy atom. The Morgan fingerprint density at radius 2 is 0.505 bits per heavy atom. The Kier molecular flexibility index (Phi) is 72.2. The number of carbonyl (C=O) groups is 4. The van der Waals surface area contributed by atoms with Crippen molar-refractivity contribution in [2.24, 2.45) is 11.8 Å². The van der Waals surface area contributed by atoms with Crippen molar-refractivity contribution in [1.82, 2.24) is 0 Å². The molecule has 0 fully saturated rings. The molecule has 0 bridgehead atoms. The third-order valence-corrected chi connectivity index (χ3v) is 21.5. The molecule has 0 saturated carbocycles. The van der Waals surface area contributed by atoms with Gasteiger partial charge in [-0.05, 0) is 37.5 Å². The van der Waals surface area contributed by atoms with E-state index in [-0.39, 0.29) is 25.7 Å². The highest BCUT2D eigenvalue weighted by Gasteiger charge is 2.30. The number of carbonyl (C=O) groups excluding carboxylic acids is 4. The number of unbranched alkanes of at least 4 members (excludes halogenated alkanes) is 50. The van der Waals surface area contributed by atoms with E-state index in [9.17, 15) is 43.2 Å². The zero-order valence-electron chi connectivity index (χ0n) is 66.2. The molecule has 3 unspecified atom stereocenters. The lowest BCUT2D eigenvalue weighted by Gasteiger charge is -2.21. The molecule has 0 aromatic carbocycles. The zero-order valence-corrected chi connectivity index (χ0v) is 68.0. The van der Waals surface area contributed by atoms with Gasteiger partial charge in [-0.15, -0.1) is 0 Å². The second-order valence-electron chi connectivity index (χ2n) is 30.2. The lowest BCUT2D eigenvalue weighted by atomic mass is 9.99. The second kappa shape index (κ2) is 73.6. The first-order valence-corrected chi connectivity index (χ1v) is 45.5. The van der Waals surface area contributed by atoms with Crippen LogP contribution in [0.25, 0.3) is 0 Å². The summed E-state index contributed by atoms with van der Waals surface area (Å²) in [6.07, 6.45) is 63.7. The van der Waals surface area contributed by atoms with Crippen molar-refractivity contribution in [3.63, 3.8) is 0 Å². The Morgan fingerprint density at radius 1 is 0.287 bits per heavy atom. The lowest BCUT2D eigenvalue weighted by molar-refractivity contribution is -0.161. The van der Waals surface area contributed by atoms with Gasteiger partial charge in [0.1, 0.15) is 19.3 Å². The normalized spacial score (nSPS) is 14.2. The van der Waals surface area contributed by atoms with Crippen LogP contribution in [0.3, 0.4) is 0 Å². The summed E-state index contributed by atoms with van der Waals surface area (Å²) in [5.41, 5.74) is 0. The van der Waals surface area contributed by atoms with Gasteiger partial charge in [-0.2, -0.15) is 0 Å². The van der Waals surface area contributed by atoms with Crippen molar-refractivity contribution in [3.05, 3.63) is 0 Å². The summed E-state index contributed by atoms with van der Waals surface area (Å²) < 4.78 is 68.8. The third-order valence-electron chi connectivity index (χ3n) is 19.6. The van der Waals surface area contributed by atoms with Gasteiger partial charge in [-0.1, -0.05) is 382 Å². The van der Waals surface area contributed by atoms with Crippen molar-refractivity contribution in [3.8, 4) is 0 Å². The first-order valence-electron chi connectivity index (χ1n) is 42.5. The van der Waals surface area contributed by atoms with Crippen LogP contribution in [0.5, 0.6) is 0 Å². The number of hydrogen-bond donors (Lipinski definition) is 3. The molecular formula is C82H160O17P2. The summed E-state index contributed by atoms with van der Waals surface area (Å²) in [7, 11) is -9.92. The molecule has 0 radical (unpaired) electrons. The van der Waals surface area contributed by atoms with Crippen LogP contribution in [-0.2, 0) is 65.4 Å². The van der Waals surface area contributed by atoms with E-state index in [1.165, 1.54) is 250 Å². The molecule has 0 aliphatic rings. The van der Waals surface area contributed by atoms with Gasteiger partial charge in [0.05, 0.1) is 26.4 Å². The van der Waals surface area contributed by atoms with Crippen molar-refractivity contribution in [1.29, 1.82) is 0 Å². The molecular weight excluding hydrogens is 1320 g/mol. The minimum atomic E-state index is -4.96. The molecule has 0 rings (SSSR count). The van der Waals surface area contributed by atoms with E-state index in [0.717, 1.165) is 102 Å². The summed E-state index contributed by atoms with van der Waals surface area (Å²) in [4.78, 5) is 73.1. The maximum Gasteiger partial charge on any atom is 0.472 e. The van der Waals surface area contributed by atoms with Crippen LogP contribution >= 0.6 is 15.6 Å². The number of phosphoric acid groups is 2. The highest BCUT2D eigenvalue weighted by Crippen LogP contribution is 2.45. The van der Waals surface area contributed by atoms with Gasteiger partial charge >= 0.3 is 39.5 Å². The number of rotatable bonds is 81. The van der Waals surface area contributed by atoms with E-state index in [2.05, 4.69) is 41.5 Å². The van der Waals surface area contributed by atoms with E-state index in [0.29, 0.717) is 25.7 Å². The first-order chi connectivity index (χ1) is 48.9. The van der Waals surface area contributed by atoms with Gasteiger partial charge in [0.15, 0.2) is 12.2 Å². The highest BCUT2D eigenvalue weighted by molar-refractivity contribution is 7.47. The van der Waals surface area contributed by atoms with Crippen molar-refractivity contribution >= 4 is 39.5 Å². The fourth-order valence-electron chi connectivity index (χ4n) is 12.7. The molecule has 0 aliphatic carbocycles. The summed E-state index contributed by atoms with van der Waals surface area (Å²) in [6, 6.07) is 0. The summed E-state index contributed by atoms with van der Waals surface area (Å²) in [6.45, 7) is 9.68. The number of ether oxygens (including phenoxy) is 4. The zero-order chi connectivity index (χ0) is 74.2. The van der Waals surface area contributed by atoms with E-state index < -0.39 is 97.5 Å². The van der Waals surface area contributed by atoms with Gasteiger partial charge in [0.2, 0.25) is 0 Å². The maximum atomic E-state index is 13.1. The molecule has 0 heterocycles. The van der Waals surface area contributed by atoms with Gasteiger partial charge < -0.3 is 33.8 Å². The van der Waals surface area contributed by atoms with Crippen LogP contribution in [0.4, 0.5) is 0 Å². The largest absolute Gasteiger partial charge is 0.472 e. The van der Waals surface area contributed by atoms with Gasteiger partial charge in [0, 0.05) is 25.7 Å². The molecule has 6 atom stereocenters. The van der Waals surface area contributed by atoms with Gasteiger partial charge in [0.25, 0.3) is 0 Å². The smallest absolute Gasteiger partial charge is 0.462 e. The highest BCUT2D eigenvalue weighted by atomic mass is 31.2. The van der Waals surface area contributed by atoms with Crippen molar-refractivity contribution in [2.75, 3.05) is 39.6 Å². The predicted octanol–water partition coefficient (Wildman–Crippen LogP) is 24.7. The minimum absolute atomic E-state index is 0.108. The van der Waals surface area contributed by atoms with E-state index in [1.54, 1.807) is 0 Å². The number of aliphatic hydroxyl groups is 1. The molecule has 0 aliphatic heterocycles. The number of phosphoric ester groups is 2. The maximum absolute atomic E-state index is 13.1. The minimum Gasteiger partial charge on any atom is -0.462 e. The third kappa shape index (κ3) is 74.7. The average Bonchev–Trinajstić information content (AvgIpc) is 0.952. The molecule has 0 saturated heterocycles. The molecule has 600 valence electrons. The predicted molar refractivity (Wildman–Crippen MR) is 414 cm³/mol. The first kappa shape index (κ1) is 99.1. The Balaban J connectivity index is 5.26. The second-order valence-corrected chi connectivity index (χ2v) is 33.1. The summed E-state index contributed by atoms with van der Waals surface area (Å²) >= 11 is 0. The monoisotopic (exact) mass is 1480 g/mol. The molecule has 3 N–H and O–H groups in total. The number of hydrogen-bond acceptors (Lipinski definition) is 15. The molecule has 19 heteroatoms. The topological polar surface area (TPSA) is 237 Å².